The van der Waals surface area contributed by atoms with Crippen LogP contribution in [0.1, 0.15) is 51.3 Å². The number of aliphatic hydroxyl groups excluding tert-OH is 1. The SMILES string of the molecule is CCN(CC)c1cc(Nc2nc(Nc3cc(N(CC)CC)c(OC)cc3N=Nc3nc(S(=O)(=O)O)c(C=C(C(C)=O)C(=O)Nc4cccc(F)c4)s3)nc(SCCO)n2)c(N=Nc2ncc(C=C(C(C)=O)C(=O)Nc3cccc(F)c3)s2)cc1OC. The molecule has 0 aliphatic rings. The number of thioether (sulfide) groups is 1. The average Bonchev–Trinajstić information content (AvgIpc) is 2.52. The molecule has 0 saturated heterocycles. The van der Waals surface area contributed by atoms with E-state index in [1.807, 2.05) is 37.5 Å². The van der Waals surface area contributed by atoms with E-state index in [0.29, 0.717) is 71.0 Å². The zero-order chi connectivity index (χ0) is 62.2. The van der Waals surface area contributed by atoms with Gasteiger partial charge in [-0.3, -0.25) is 23.7 Å². The fourth-order valence-electron chi connectivity index (χ4n) is 8.01. The normalized spacial score (nSPS) is 11.9. The third-order valence-corrected chi connectivity index (χ3v) is 15.5. The number of anilines is 8. The molecule has 31 heteroatoms. The number of halogens is 2. The predicted octanol–water partition coefficient (Wildman–Crippen LogP) is 11.6. The van der Waals surface area contributed by atoms with E-state index < -0.39 is 55.7 Å². The third kappa shape index (κ3) is 16.9. The second-order valence-electron chi connectivity index (χ2n) is 17.8. The molecule has 2 amide bonds. The van der Waals surface area contributed by atoms with E-state index in [9.17, 15) is 46.0 Å². The quantitative estimate of drug-likeness (QED) is 0.00662. The van der Waals surface area contributed by atoms with Crippen LogP contribution >= 0.6 is 34.4 Å². The number of Topliss-reactive ketones (excluding diaryl/α,β-unsaturated/α-hetero) is 2. The van der Waals surface area contributed by atoms with Crippen LogP contribution in [0.5, 0.6) is 11.5 Å². The van der Waals surface area contributed by atoms with Gasteiger partial charge in [0.05, 0.1) is 64.5 Å². The van der Waals surface area contributed by atoms with Crippen molar-refractivity contribution in [1.29, 1.82) is 0 Å². The summed E-state index contributed by atoms with van der Waals surface area (Å²) in [6, 6.07) is 16.8. The van der Waals surface area contributed by atoms with Gasteiger partial charge in [0, 0.05) is 61.6 Å². The zero-order valence-corrected chi connectivity index (χ0v) is 50.6. The minimum absolute atomic E-state index is 0.0127. The molecule has 7 aromatic rings. The van der Waals surface area contributed by atoms with Crippen LogP contribution in [-0.4, -0.2) is 119 Å². The Labute approximate surface area is 504 Å². The van der Waals surface area contributed by atoms with Crippen molar-refractivity contribution in [1.82, 2.24) is 24.9 Å². The highest BCUT2D eigenvalue weighted by Gasteiger charge is 2.26. The Balaban J connectivity index is 1.28. The Morgan fingerprint density at radius 2 is 1.16 bits per heavy atom. The number of aromatic nitrogens is 5. The molecule has 4 aromatic carbocycles. The summed E-state index contributed by atoms with van der Waals surface area (Å²) in [7, 11) is -2.13. The molecule has 0 unspecified atom stereocenters. The fourth-order valence-corrected chi connectivity index (χ4v) is 11.0. The minimum Gasteiger partial charge on any atom is -0.494 e. The molecular formula is C55H57F2N15O10S4. The Hall–Kier alpha value is -9.01. The summed E-state index contributed by atoms with van der Waals surface area (Å²) in [5.41, 5.74) is 1.56. The number of carbonyl (C=O) groups excluding carboxylic acids is 4. The molecule has 0 radical (unpaired) electrons. The van der Waals surface area contributed by atoms with E-state index in [-0.39, 0.29) is 78.6 Å². The molecule has 0 spiro atoms. The number of methoxy groups -OCH3 is 2. The van der Waals surface area contributed by atoms with Crippen LogP contribution in [-0.2, 0) is 29.3 Å². The Morgan fingerprint density at radius 1 is 0.674 bits per heavy atom. The number of ketones is 2. The molecular weight excluding hydrogens is 1200 g/mol. The van der Waals surface area contributed by atoms with Gasteiger partial charge < -0.3 is 45.6 Å². The van der Waals surface area contributed by atoms with Crippen molar-refractivity contribution < 1.29 is 55.5 Å². The number of thiazole rings is 2. The monoisotopic (exact) mass is 1250 g/mol. The number of aliphatic hydroxyl groups is 1. The molecule has 6 N–H and O–H groups in total. The van der Waals surface area contributed by atoms with E-state index in [1.165, 1.54) is 63.7 Å². The molecule has 0 bridgehead atoms. The highest BCUT2D eigenvalue weighted by molar-refractivity contribution is 7.99. The van der Waals surface area contributed by atoms with Gasteiger partial charge in [0.25, 0.3) is 11.8 Å². The lowest BCUT2D eigenvalue weighted by Crippen LogP contribution is -2.22. The number of rotatable bonds is 28. The molecule has 86 heavy (non-hydrogen) atoms. The van der Waals surface area contributed by atoms with Crippen LogP contribution in [0.3, 0.4) is 0 Å². The molecule has 25 nitrogen and oxygen atoms in total. The molecule has 0 saturated carbocycles. The van der Waals surface area contributed by atoms with Gasteiger partial charge in [0.2, 0.25) is 27.2 Å². The largest absolute Gasteiger partial charge is 0.494 e. The van der Waals surface area contributed by atoms with Crippen LogP contribution in [0.2, 0.25) is 0 Å². The molecule has 7 rings (SSSR count). The lowest BCUT2D eigenvalue weighted by molar-refractivity contribution is -0.120. The van der Waals surface area contributed by atoms with E-state index in [4.69, 9.17) is 14.5 Å². The van der Waals surface area contributed by atoms with Crippen molar-refractivity contribution in [2.75, 3.05) is 83.8 Å². The highest BCUT2D eigenvalue weighted by Crippen LogP contribution is 2.43. The summed E-state index contributed by atoms with van der Waals surface area (Å²) < 4.78 is 75.1. The molecule has 450 valence electrons. The second kappa shape index (κ2) is 29.7. The lowest BCUT2D eigenvalue weighted by atomic mass is 10.1. The number of nitrogens with zero attached hydrogens (tertiary/aromatic N) is 11. The van der Waals surface area contributed by atoms with Crippen molar-refractivity contribution >= 4 is 148 Å². The van der Waals surface area contributed by atoms with Crippen molar-refractivity contribution in [2.24, 2.45) is 20.5 Å². The van der Waals surface area contributed by atoms with Gasteiger partial charge in [-0.15, -0.1) is 20.5 Å². The number of carbonyl (C=O) groups is 4. The Kier molecular flexibility index (Phi) is 22.3. The topological polar surface area (TPSA) is 330 Å². The van der Waals surface area contributed by atoms with Gasteiger partial charge >= 0.3 is 10.1 Å². The van der Waals surface area contributed by atoms with Crippen LogP contribution < -0.4 is 40.5 Å². The number of azo groups is 2. The molecule has 3 heterocycles. The number of nitrogens with one attached hydrogen (secondary N) is 4. The summed E-state index contributed by atoms with van der Waals surface area (Å²) >= 11 is 2.71. The van der Waals surface area contributed by atoms with Gasteiger partial charge in [-0.05, 0) is 102 Å². The zero-order valence-electron chi connectivity index (χ0n) is 47.4. The van der Waals surface area contributed by atoms with Gasteiger partial charge in [0.15, 0.2) is 16.7 Å². The summed E-state index contributed by atoms with van der Waals surface area (Å²) in [5, 5.41) is 37.9. The van der Waals surface area contributed by atoms with E-state index in [1.54, 1.807) is 24.3 Å². The summed E-state index contributed by atoms with van der Waals surface area (Å²) in [6.07, 6.45) is 3.67. The minimum atomic E-state index is -5.10. The van der Waals surface area contributed by atoms with Gasteiger partial charge in [0.1, 0.15) is 34.5 Å². The molecule has 0 aliphatic carbocycles. The number of hydrogen-bond acceptors (Lipinski definition) is 25. The van der Waals surface area contributed by atoms with Crippen molar-refractivity contribution in [3.8, 4) is 11.5 Å². The van der Waals surface area contributed by atoms with E-state index in [2.05, 4.69) is 61.7 Å². The molecule has 0 fully saturated rings. The lowest BCUT2D eigenvalue weighted by Gasteiger charge is -2.25. The first kappa shape index (κ1) is 64.5. The average molecular weight is 1250 g/mol. The first-order valence-electron chi connectivity index (χ1n) is 26.0. The van der Waals surface area contributed by atoms with E-state index in [0.717, 1.165) is 54.3 Å². The maximum atomic E-state index is 13.9. The highest BCUT2D eigenvalue weighted by atomic mass is 32.2. The first-order chi connectivity index (χ1) is 41.2. The summed E-state index contributed by atoms with van der Waals surface area (Å²) in [6.45, 7) is 12.2. The maximum absolute atomic E-state index is 13.9. The first-order valence-corrected chi connectivity index (χ1v) is 30.1. The summed E-state index contributed by atoms with van der Waals surface area (Å²) in [5.74, 6) is -3.41. The van der Waals surface area contributed by atoms with Gasteiger partial charge in [-0.1, -0.05) is 46.6 Å². The number of benzene rings is 4. The second-order valence-corrected chi connectivity index (χ2v) is 22.2. The van der Waals surface area contributed by atoms with Gasteiger partial charge in [-0.25, -0.2) is 18.7 Å². The standard InChI is InChI=1S/C55H57F2N15O10S4/c1-9-71(10-2)43-25-39(41(27-45(43)81-7)67-69-53-58-29-36(84-53)23-37(30(5)74)48(76)59-34-17-13-15-32(56)21-34)61-51-64-52(66-54(65-51)83-20-19-73)62-40-26-44(72(11-3)12-4)46(82-8)28-42(40)68-70-55-63-50(86(78,79)80)47(85-55)24-38(31(6)75)49(77)60-35-18-14-16-33(57)22-35/h13-18,21-29,73H,9-12,19-20H2,1-8H3,(H,59,76)(H,60,77)(H,78,79,80)(H2,61,62,64,65,66). The molecule has 0 atom stereocenters. The van der Waals surface area contributed by atoms with Crippen molar-refractivity contribution in [2.45, 2.75) is 51.7 Å². The fraction of sp³-hybridized carbons (Fsp3) is 0.255. The van der Waals surface area contributed by atoms with Crippen molar-refractivity contribution in [3.63, 3.8) is 0 Å². The molecule has 0 aliphatic heterocycles. The van der Waals surface area contributed by atoms with Gasteiger partial charge in [-0.2, -0.15) is 23.4 Å². The van der Waals surface area contributed by atoms with Crippen LogP contribution in [0, 0.1) is 11.6 Å². The molecule has 3 aromatic heterocycles. The third-order valence-electron chi connectivity index (χ3n) is 12.1. The van der Waals surface area contributed by atoms with E-state index >= 15 is 0 Å². The number of ether oxygens (including phenoxy) is 2. The maximum Gasteiger partial charge on any atom is 0.313 e. The van der Waals surface area contributed by atoms with Crippen LogP contribution in [0.25, 0.3) is 12.2 Å². The van der Waals surface area contributed by atoms with Crippen molar-refractivity contribution in [3.05, 3.63) is 112 Å². The number of amides is 2. The smallest absolute Gasteiger partial charge is 0.313 e. The van der Waals surface area contributed by atoms with Crippen LogP contribution in [0.4, 0.5) is 76.4 Å². The van der Waals surface area contributed by atoms with Crippen LogP contribution in [0.15, 0.2) is 121 Å². The summed E-state index contributed by atoms with van der Waals surface area (Å²) in [4.78, 5) is 78.3. The Bertz CT molecular complexity index is 3910. The number of hydrogen-bond donors (Lipinski definition) is 6. The predicted molar refractivity (Wildman–Crippen MR) is 327 cm³/mol. The Morgan fingerprint density at radius 3 is 1.60 bits per heavy atom.